The molecule has 0 bridgehead atoms. The number of hydrogen-bond donors (Lipinski definition) is 0. The summed E-state index contributed by atoms with van der Waals surface area (Å²) in [7, 11) is -3.75. The minimum atomic E-state index is -3.75. The fourth-order valence-electron chi connectivity index (χ4n) is 3.74. The highest BCUT2D eigenvalue weighted by molar-refractivity contribution is 7.89. The fourth-order valence-corrected chi connectivity index (χ4v) is 5.76. The number of pyridine rings is 1. The van der Waals surface area contributed by atoms with Crippen molar-refractivity contribution in [3.8, 4) is 0 Å². The van der Waals surface area contributed by atoms with Gasteiger partial charge in [0.1, 0.15) is 21.4 Å². The second-order valence-electron chi connectivity index (χ2n) is 7.22. The Labute approximate surface area is 179 Å². The summed E-state index contributed by atoms with van der Waals surface area (Å²) in [6, 6.07) is 9.17. The Kier molecular flexibility index (Phi) is 5.52. The molecule has 2 aromatic heterocycles. The summed E-state index contributed by atoms with van der Waals surface area (Å²) in [6.07, 6.45) is 0.510. The number of amides is 1. The number of rotatable bonds is 3. The van der Waals surface area contributed by atoms with Crippen LogP contribution < -0.4 is 0 Å². The zero-order chi connectivity index (χ0) is 21.5. The van der Waals surface area contributed by atoms with Crippen molar-refractivity contribution in [2.45, 2.75) is 25.2 Å². The third-order valence-electron chi connectivity index (χ3n) is 5.22. The lowest BCUT2D eigenvalue weighted by atomic mass is 10.1. The van der Waals surface area contributed by atoms with Crippen molar-refractivity contribution in [1.82, 2.24) is 19.3 Å². The number of fused-ring (bicyclic) bond motifs is 1. The van der Waals surface area contributed by atoms with E-state index in [1.165, 1.54) is 4.31 Å². The minimum Gasteiger partial charge on any atom is -0.360 e. The minimum absolute atomic E-state index is 0.102. The lowest BCUT2D eigenvalue weighted by Gasteiger charge is -2.22. The molecule has 1 amide bonds. The van der Waals surface area contributed by atoms with Crippen LogP contribution >= 0.6 is 11.6 Å². The topological polar surface area (TPSA) is 96.6 Å². The maximum Gasteiger partial charge on any atom is 0.272 e. The van der Waals surface area contributed by atoms with Crippen LogP contribution in [-0.4, -0.2) is 59.8 Å². The molecule has 3 aromatic rings. The third-order valence-corrected chi connectivity index (χ3v) is 7.65. The van der Waals surface area contributed by atoms with Gasteiger partial charge in [0.05, 0.1) is 0 Å². The van der Waals surface area contributed by atoms with Crippen molar-refractivity contribution in [3.05, 3.63) is 52.6 Å². The van der Waals surface area contributed by atoms with Gasteiger partial charge in [-0.2, -0.15) is 4.31 Å². The average molecular weight is 449 g/mol. The number of halogens is 1. The van der Waals surface area contributed by atoms with E-state index in [-0.39, 0.29) is 40.5 Å². The Balaban J connectivity index is 1.55. The number of sulfonamides is 1. The summed E-state index contributed by atoms with van der Waals surface area (Å²) in [5, 5.41) is 5.64. The Morgan fingerprint density at radius 1 is 1.13 bits per heavy atom. The molecular weight excluding hydrogens is 428 g/mol. The predicted octanol–water partition coefficient (Wildman–Crippen LogP) is 3.03. The van der Waals surface area contributed by atoms with Crippen molar-refractivity contribution in [3.63, 3.8) is 0 Å². The van der Waals surface area contributed by atoms with Gasteiger partial charge >= 0.3 is 0 Å². The van der Waals surface area contributed by atoms with E-state index in [9.17, 15) is 13.2 Å². The van der Waals surface area contributed by atoms with Gasteiger partial charge in [-0.05, 0) is 31.7 Å². The molecule has 0 atom stereocenters. The van der Waals surface area contributed by atoms with Gasteiger partial charge in [-0.3, -0.25) is 4.79 Å². The molecule has 0 N–H and O–H groups in total. The van der Waals surface area contributed by atoms with Crippen LogP contribution in [0.1, 0.15) is 28.4 Å². The molecule has 4 rings (SSSR count). The number of benzene rings is 1. The monoisotopic (exact) mass is 448 g/mol. The first-order valence-corrected chi connectivity index (χ1v) is 11.4. The highest BCUT2D eigenvalue weighted by Crippen LogP contribution is 2.26. The Morgan fingerprint density at radius 2 is 1.90 bits per heavy atom. The molecular formula is C20H21ClN4O4S. The van der Waals surface area contributed by atoms with Gasteiger partial charge in [-0.15, -0.1) is 0 Å². The van der Waals surface area contributed by atoms with Gasteiger partial charge in [0.15, 0.2) is 5.76 Å². The number of nitrogens with zero attached hydrogens (tertiary/aromatic N) is 4. The van der Waals surface area contributed by atoms with Crippen LogP contribution in [0, 0.1) is 13.8 Å². The molecule has 30 heavy (non-hydrogen) atoms. The van der Waals surface area contributed by atoms with Gasteiger partial charge in [0.2, 0.25) is 10.0 Å². The molecule has 0 saturated carbocycles. The van der Waals surface area contributed by atoms with E-state index in [1.807, 2.05) is 24.3 Å². The Morgan fingerprint density at radius 3 is 2.63 bits per heavy atom. The molecule has 0 unspecified atom stereocenters. The van der Waals surface area contributed by atoms with Crippen LogP contribution in [0.2, 0.25) is 5.15 Å². The summed E-state index contributed by atoms with van der Waals surface area (Å²) < 4.78 is 32.6. The first-order valence-electron chi connectivity index (χ1n) is 9.56. The standard InChI is InChI=1S/C20H21ClN4O4S/c1-13-18(14(2)29-23-13)30(27,28)25-9-5-8-24(10-11-25)20(26)17-12-15-6-3-4-7-16(15)19(21)22-17/h3-4,6-7,12H,5,8-11H2,1-2H3. The van der Waals surface area contributed by atoms with Crippen molar-refractivity contribution in [1.29, 1.82) is 0 Å². The van der Waals surface area contributed by atoms with E-state index >= 15 is 0 Å². The molecule has 0 spiro atoms. The molecule has 1 saturated heterocycles. The maximum atomic E-state index is 13.1. The Bertz CT molecular complexity index is 1210. The molecule has 1 aliphatic rings. The number of aryl methyl sites for hydroxylation is 2. The highest BCUT2D eigenvalue weighted by Gasteiger charge is 2.33. The first kappa shape index (κ1) is 20.8. The molecule has 1 fully saturated rings. The molecule has 3 heterocycles. The molecule has 0 radical (unpaired) electrons. The molecule has 1 aromatic carbocycles. The molecule has 0 aliphatic carbocycles. The summed E-state index contributed by atoms with van der Waals surface area (Å²) >= 11 is 6.26. The van der Waals surface area contributed by atoms with Crippen LogP contribution in [0.25, 0.3) is 10.8 Å². The van der Waals surface area contributed by atoms with Crippen LogP contribution in [-0.2, 0) is 10.0 Å². The summed E-state index contributed by atoms with van der Waals surface area (Å²) in [5.41, 5.74) is 0.584. The Hall–Kier alpha value is -2.49. The van der Waals surface area contributed by atoms with E-state index in [2.05, 4.69) is 10.1 Å². The van der Waals surface area contributed by atoms with Gasteiger partial charge < -0.3 is 9.42 Å². The number of aromatic nitrogens is 2. The highest BCUT2D eigenvalue weighted by atomic mass is 35.5. The zero-order valence-electron chi connectivity index (χ0n) is 16.6. The van der Waals surface area contributed by atoms with Crippen LogP contribution in [0.5, 0.6) is 0 Å². The van der Waals surface area contributed by atoms with Crippen LogP contribution in [0.4, 0.5) is 0 Å². The summed E-state index contributed by atoms with van der Waals surface area (Å²) in [6.45, 7) is 4.36. The van der Waals surface area contributed by atoms with Gasteiger partial charge in [0, 0.05) is 31.6 Å². The summed E-state index contributed by atoms with van der Waals surface area (Å²) in [5.74, 6) is -0.000995. The number of hydrogen-bond acceptors (Lipinski definition) is 6. The normalized spacial score (nSPS) is 16.0. The van der Waals surface area contributed by atoms with Gasteiger partial charge in [-0.1, -0.05) is 41.0 Å². The van der Waals surface area contributed by atoms with E-state index < -0.39 is 10.0 Å². The zero-order valence-corrected chi connectivity index (χ0v) is 18.2. The smallest absolute Gasteiger partial charge is 0.272 e. The maximum absolute atomic E-state index is 13.1. The lowest BCUT2D eigenvalue weighted by molar-refractivity contribution is 0.0758. The quantitative estimate of drug-likeness (QED) is 0.571. The van der Waals surface area contributed by atoms with Gasteiger partial charge in [-0.25, -0.2) is 13.4 Å². The number of carbonyl (C=O) groups is 1. The molecule has 1 aliphatic heterocycles. The van der Waals surface area contributed by atoms with Crippen molar-refractivity contribution in [2.24, 2.45) is 0 Å². The van der Waals surface area contributed by atoms with Gasteiger partial charge in [0.25, 0.3) is 5.91 Å². The second-order valence-corrected chi connectivity index (χ2v) is 9.46. The first-order chi connectivity index (χ1) is 14.3. The molecule has 10 heteroatoms. The number of carbonyl (C=O) groups excluding carboxylic acids is 1. The van der Waals surface area contributed by atoms with E-state index in [0.717, 1.165) is 10.8 Å². The molecule has 158 valence electrons. The van der Waals surface area contributed by atoms with Crippen LogP contribution in [0.15, 0.2) is 39.8 Å². The van der Waals surface area contributed by atoms with Crippen molar-refractivity contribution in [2.75, 3.05) is 26.2 Å². The largest absolute Gasteiger partial charge is 0.360 e. The predicted molar refractivity (Wildman–Crippen MR) is 112 cm³/mol. The van der Waals surface area contributed by atoms with Crippen molar-refractivity contribution >= 4 is 38.3 Å². The second kappa shape index (κ2) is 7.98. The lowest BCUT2D eigenvalue weighted by Crippen LogP contribution is -2.37. The summed E-state index contributed by atoms with van der Waals surface area (Å²) in [4.78, 5) is 19.0. The van der Waals surface area contributed by atoms with E-state index in [0.29, 0.717) is 25.2 Å². The van der Waals surface area contributed by atoms with E-state index in [1.54, 1.807) is 24.8 Å². The van der Waals surface area contributed by atoms with Crippen LogP contribution in [0.3, 0.4) is 0 Å². The van der Waals surface area contributed by atoms with E-state index in [4.69, 9.17) is 16.1 Å². The molecule has 8 nitrogen and oxygen atoms in total. The average Bonchev–Trinajstić information content (AvgIpc) is 2.92. The van der Waals surface area contributed by atoms with Crippen molar-refractivity contribution < 1.29 is 17.7 Å². The SMILES string of the molecule is Cc1noc(C)c1S(=O)(=O)N1CCCN(C(=O)c2cc3ccccc3c(Cl)n2)CC1. The third kappa shape index (κ3) is 3.68. The fraction of sp³-hybridized carbons (Fsp3) is 0.350.